The van der Waals surface area contributed by atoms with Gasteiger partial charge in [-0.3, -0.25) is 0 Å². The number of nitrogens with two attached hydrogens (primary N) is 1. The second-order valence-corrected chi connectivity index (χ2v) is 4.27. The minimum absolute atomic E-state index is 0.143. The van der Waals surface area contributed by atoms with Crippen LogP contribution >= 0.6 is 0 Å². The van der Waals surface area contributed by atoms with Crippen molar-refractivity contribution in [2.75, 3.05) is 0 Å². The third kappa shape index (κ3) is 3.15. The topological polar surface area (TPSA) is 74.2 Å². The Morgan fingerprint density at radius 2 is 2.00 bits per heavy atom. The maximum absolute atomic E-state index is 5.54. The van der Waals surface area contributed by atoms with Gasteiger partial charge in [-0.15, -0.1) is 0 Å². The average Bonchev–Trinajstić information content (AvgIpc) is 2.85. The Morgan fingerprint density at radius 1 is 1.28 bits per heavy atom. The number of aromatic nitrogens is 2. The number of hydrogen-bond donors (Lipinski definition) is 1. The molecular weight excluding hydrogens is 230 g/mol. The van der Waals surface area contributed by atoms with Crippen molar-refractivity contribution in [2.45, 2.75) is 33.1 Å². The fourth-order valence-corrected chi connectivity index (χ4v) is 1.46. The summed E-state index contributed by atoms with van der Waals surface area (Å²) < 4.78 is 10.5. The molecule has 0 bridgehead atoms. The molecule has 1 aromatic heterocycles. The highest BCUT2D eigenvalue weighted by molar-refractivity contribution is 5.54. The number of rotatable bonds is 5. The van der Waals surface area contributed by atoms with Gasteiger partial charge in [0.15, 0.2) is 0 Å². The van der Waals surface area contributed by atoms with Crippen molar-refractivity contribution in [2.24, 2.45) is 5.73 Å². The van der Waals surface area contributed by atoms with Gasteiger partial charge in [-0.2, -0.15) is 4.98 Å². The van der Waals surface area contributed by atoms with Crippen LogP contribution in [0.4, 0.5) is 0 Å². The van der Waals surface area contributed by atoms with Crippen molar-refractivity contribution >= 4 is 0 Å². The van der Waals surface area contributed by atoms with E-state index in [9.17, 15) is 0 Å². The van der Waals surface area contributed by atoms with Crippen LogP contribution in [0.3, 0.4) is 0 Å². The maximum Gasteiger partial charge on any atom is 0.252 e. The molecule has 18 heavy (non-hydrogen) atoms. The second-order valence-electron chi connectivity index (χ2n) is 4.27. The molecule has 0 amide bonds. The molecule has 0 aliphatic heterocycles. The Hall–Kier alpha value is -1.72. The van der Waals surface area contributed by atoms with Gasteiger partial charge in [0.05, 0.1) is 6.10 Å². The molecule has 1 aromatic carbocycles. The SMILES string of the molecule is CC(C)OCc1nc(-c2ccc(CN)cc2)no1. The summed E-state index contributed by atoms with van der Waals surface area (Å²) in [5, 5.41) is 3.92. The number of hydrogen-bond acceptors (Lipinski definition) is 5. The summed E-state index contributed by atoms with van der Waals surface area (Å²) in [6.07, 6.45) is 0.143. The first kappa shape index (κ1) is 12.7. The quantitative estimate of drug-likeness (QED) is 0.876. The molecule has 0 aliphatic carbocycles. The van der Waals surface area contributed by atoms with E-state index in [0.717, 1.165) is 11.1 Å². The molecule has 2 aromatic rings. The molecule has 0 aliphatic rings. The minimum atomic E-state index is 0.143. The van der Waals surface area contributed by atoms with E-state index in [1.54, 1.807) is 0 Å². The molecular formula is C13H17N3O2. The summed E-state index contributed by atoms with van der Waals surface area (Å²) in [5.74, 6) is 1.06. The Balaban J connectivity index is 2.08. The van der Waals surface area contributed by atoms with Gasteiger partial charge in [-0.25, -0.2) is 0 Å². The third-order valence-corrected chi connectivity index (χ3v) is 2.46. The van der Waals surface area contributed by atoms with Crippen molar-refractivity contribution in [3.05, 3.63) is 35.7 Å². The van der Waals surface area contributed by atoms with Gasteiger partial charge in [-0.05, 0) is 19.4 Å². The van der Waals surface area contributed by atoms with E-state index in [2.05, 4.69) is 10.1 Å². The summed E-state index contributed by atoms with van der Waals surface area (Å²) in [6.45, 7) is 4.79. The normalized spacial score (nSPS) is 11.1. The first-order chi connectivity index (χ1) is 8.69. The molecule has 0 fully saturated rings. The van der Waals surface area contributed by atoms with E-state index >= 15 is 0 Å². The van der Waals surface area contributed by atoms with Crippen LogP contribution in [0.1, 0.15) is 25.3 Å². The minimum Gasteiger partial charge on any atom is -0.369 e. The van der Waals surface area contributed by atoms with E-state index in [1.165, 1.54) is 0 Å². The summed E-state index contributed by atoms with van der Waals surface area (Å²) >= 11 is 0. The number of ether oxygens (including phenoxy) is 1. The smallest absolute Gasteiger partial charge is 0.252 e. The van der Waals surface area contributed by atoms with Crippen molar-refractivity contribution in [3.63, 3.8) is 0 Å². The van der Waals surface area contributed by atoms with Crippen LogP contribution in [0.2, 0.25) is 0 Å². The van der Waals surface area contributed by atoms with E-state index in [-0.39, 0.29) is 6.10 Å². The standard InChI is InChI=1S/C13H17N3O2/c1-9(2)17-8-12-15-13(16-18-12)11-5-3-10(7-14)4-6-11/h3-6,9H,7-8,14H2,1-2H3. The lowest BCUT2D eigenvalue weighted by atomic mass is 10.1. The van der Waals surface area contributed by atoms with E-state index in [1.807, 2.05) is 38.1 Å². The Kier molecular flexibility index (Phi) is 4.07. The molecule has 0 saturated carbocycles. The number of nitrogens with zero attached hydrogens (tertiary/aromatic N) is 2. The molecule has 0 unspecified atom stereocenters. The molecule has 5 nitrogen and oxygen atoms in total. The first-order valence-corrected chi connectivity index (χ1v) is 5.92. The van der Waals surface area contributed by atoms with Crippen molar-refractivity contribution in [3.8, 4) is 11.4 Å². The van der Waals surface area contributed by atoms with Crippen molar-refractivity contribution in [1.29, 1.82) is 0 Å². The van der Waals surface area contributed by atoms with Gasteiger partial charge in [0.2, 0.25) is 5.82 Å². The van der Waals surface area contributed by atoms with Crippen LogP contribution in [0.25, 0.3) is 11.4 Å². The molecule has 5 heteroatoms. The second kappa shape index (κ2) is 5.75. The summed E-state index contributed by atoms with van der Waals surface area (Å²) in [5.41, 5.74) is 7.53. The lowest BCUT2D eigenvalue weighted by Crippen LogP contribution is -2.02. The van der Waals surface area contributed by atoms with E-state index < -0.39 is 0 Å². The summed E-state index contributed by atoms with van der Waals surface area (Å²) in [4.78, 5) is 4.27. The molecule has 0 radical (unpaired) electrons. The van der Waals surface area contributed by atoms with Gasteiger partial charge < -0.3 is 15.0 Å². The van der Waals surface area contributed by atoms with Crippen LogP contribution in [0.5, 0.6) is 0 Å². The third-order valence-electron chi connectivity index (χ3n) is 2.46. The van der Waals surface area contributed by atoms with E-state index in [4.69, 9.17) is 15.0 Å². The average molecular weight is 247 g/mol. The Bertz CT molecular complexity index is 491. The van der Waals surface area contributed by atoms with Crippen LogP contribution in [-0.4, -0.2) is 16.2 Å². The Morgan fingerprint density at radius 3 is 2.61 bits per heavy atom. The monoisotopic (exact) mass is 247 g/mol. The molecule has 2 rings (SSSR count). The van der Waals surface area contributed by atoms with Crippen molar-refractivity contribution in [1.82, 2.24) is 10.1 Å². The van der Waals surface area contributed by atoms with Crippen LogP contribution in [0, 0.1) is 0 Å². The fraction of sp³-hybridized carbons (Fsp3) is 0.385. The van der Waals surface area contributed by atoms with Crippen LogP contribution in [0.15, 0.2) is 28.8 Å². The maximum atomic E-state index is 5.54. The largest absolute Gasteiger partial charge is 0.369 e. The van der Waals surface area contributed by atoms with Crippen molar-refractivity contribution < 1.29 is 9.26 Å². The van der Waals surface area contributed by atoms with Crippen LogP contribution in [-0.2, 0) is 17.9 Å². The van der Waals surface area contributed by atoms with Gasteiger partial charge in [0.25, 0.3) is 5.89 Å². The van der Waals surface area contributed by atoms with Gasteiger partial charge in [0, 0.05) is 12.1 Å². The zero-order valence-corrected chi connectivity index (χ0v) is 10.6. The molecule has 0 atom stereocenters. The molecule has 1 heterocycles. The summed E-state index contributed by atoms with van der Waals surface area (Å²) in [7, 11) is 0. The predicted octanol–water partition coefficient (Wildman–Crippen LogP) is 2.12. The van der Waals surface area contributed by atoms with Crippen LogP contribution < -0.4 is 5.73 Å². The van der Waals surface area contributed by atoms with E-state index in [0.29, 0.717) is 24.9 Å². The molecule has 96 valence electrons. The number of benzene rings is 1. The lowest BCUT2D eigenvalue weighted by molar-refractivity contribution is 0.0485. The highest BCUT2D eigenvalue weighted by Gasteiger charge is 2.09. The van der Waals surface area contributed by atoms with Gasteiger partial charge in [0.1, 0.15) is 6.61 Å². The predicted molar refractivity (Wildman–Crippen MR) is 67.6 cm³/mol. The highest BCUT2D eigenvalue weighted by Crippen LogP contribution is 2.16. The van der Waals surface area contributed by atoms with Gasteiger partial charge >= 0.3 is 0 Å². The fourth-order valence-electron chi connectivity index (χ4n) is 1.46. The summed E-state index contributed by atoms with van der Waals surface area (Å²) in [6, 6.07) is 7.77. The molecule has 0 spiro atoms. The lowest BCUT2D eigenvalue weighted by Gasteiger charge is -2.02. The molecule has 0 saturated heterocycles. The zero-order chi connectivity index (χ0) is 13.0. The zero-order valence-electron chi connectivity index (χ0n) is 10.6. The highest BCUT2D eigenvalue weighted by atomic mass is 16.5. The molecule has 2 N–H and O–H groups in total. The van der Waals surface area contributed by atoms with Gasteiger partial charge in [-0.1, -0.05) is 29.4 Å². The Labute approximate surface area is 106 Å². The first-order valence-electron chi connectivity index (χ1n) is 5.92.